The number of likely N-dealkylation sites (tertiary alicyclic amines) is 2. The lowest BCUT2D eigenvalue weighted by Crippen LogP contribution is -2.60. The molecule has 80 heavy (non-hydrogen) atoms. The number of hydroxylamine groups is 2. The van der Waals surface area contributed by atoms with Crippen molar-refractivity contribution >= 4 is 70.9 Å². The number of ether oxygens (including phenoxy) is 2. The van der Waals surface area contributed by atoms with E-state index in [-0.39, 0.29) is 97.6 Å². The van der Waals surface area contributed by atoms with Gasteiger partial charge in [0.05, 0.1) is 59.9 Å². The van der Waals surface area contributed by atoms with Crippen LogP contribution in [0, 0.1) is 35.5 Å². The molecule has 3 aliphatic heterocycles. The van der Waals surface area contributed by atoms with Crippen LogP contribution >= 0.6 is 11.8 Å². The number of amides is 9. The highest BCUT2D eigenvalue weighted by Crippen LogP contribution is 2.35. The van der Waals surface area contributed by atoms with Crippen molar-refractivity contribution in [2.45, 2.75) is 186 Å². The summed E-state index contributed by atoms with van der Waals surface area (Å²) in [5.74, 6) is -6.06. The number of methoxy groups -OCH3 is 2. The maximum atomic E-state index is 14.7. The Morgan fingerprint density at radius 2 is 1.44 bits per heavy atom. The quantitative estimate of drug-likeness (QED) is 0.0981. The van der Waals surface area contributed by atoms with Crippen LogP contribution in [0.3, 0.4) is 0 Å². The molecule has 0 radical (unpaired) electrons. The molecule has 0 bridgehead atoms. The molecule has 1 aromatic carbocycles. The van der Waals surface area contributed by atoms with E-state index in [1.54, 1.807) is 42.8 Å². The summed E-state index contributed by atoms with van der Waals surface area (Å²) in [7, 11) is 6.22. The van der Waals surface area contributed by atoms with Crippen molar-refractivity contribution < 1.29 is 67.4 Å². The Morgan fingerprint density at radius 1 is 0.800 bits per heavy atom. The predicted octanol–water partition coefficient (Wildman–Crippen LogP) is 4.43. The molecule has 446 valence electrons. The smallest absolute Gasteiger partial charge is 0.336 e. The first kappa shape index (κ1) is 65.4. The number of nitrogens with one attached hydrogen (secondary N) is 2. The van der Waals surface area contributed by atoms with Crippen LogP contribution in [-0.2, 0) is 62.3 Å². The highest BCUT2D eigenvalue weighted by atomic mass is 32.2. The van der Waals surface area contributed by atoms with Crippen LogP contribution in [0.25, 0.3) is 0 Å². The summed E-state index contributed by atoms with van der Waals surface area (Å²) < 4.78 is 12.0. The van der Waals surface area contributed by atoms with Crippen LogP contribution in [0.5, 0.6) is 0 Å². The molecule has 5 rings (SSSR count). The summed E-state index contributed by atoms with van der Waals surface area (Å²) in [6, 6.07) is 5.49. The van der Waals surface area contributed by atoms with E-state index in [4.69, 9.17) is 14.3 Å². The highest BCUT2D eigenvalue weighted by Gasteiger charge is 2.45. The third-order valence-corrected chi connectivity index (χ3v) is 18.0. The summed E-state index contributed by atoms with van der Waals surface area (Å²) in [4.78, 5) is 145. The van der Waals surface area contributed by atoms with Crippen LogP contribution in [-0.4, -0.2) is 184 Å². The zero-order valence-corrected chi connectivity index (χ0v) is 49.9. The van der Waals surface area contributed by atoms with E-state index in [0.29, 0.717) is 62.1 Å². The average Bonchev–Trinajstić information content (AvgIpc) is 4.12. The van der Waals surface area contributed by atoms with Gasteiger partial charge in [-0.3, -0.25) is 48.1 Å². The number of aliphatic hydroxyl groups excluding tert-OH is 1. The molecule has 3 heterocycles. The first-order valence-electron chi connectivity index (χ1n) is 28.6. The number of nitrogens with zero attached hydrogens (tertiary/aromatic N) is 5. The number of aliphatic hydroxyl groups is 1. The number of carbonyl (C=O) groups excluding carboxylic acids is 10. The normalized spacial score (nSPS) is 23.1. The van der Waals surface area contributed by atoms with Gasteiger partial charge in [-0.25, -0.2) is 4.79 Å². The van der Waals surface area contributed by atoms with Crippen LogP contribution in [0.1, 0.15) is 144 Å². The van der Waals surface area contributed by atoms with Gasteiger partial charge < -0.3 is 44.8 Å². The van der Waals surface area contributed by atoms with E-state index in [1.807, 2.05) is 59.7 Å². The van der Waals surface area contributed by atoms with Crippen LogP contribution in [0.4, 0.5) is 0 Å². The Morgan fingerprint density at radius 3 is 2.01 bits per heavy atom. The number of rotatable bonds is 28. The van der Waals surface area contributed by atoms with Crippen molar-refractivity contribution in [2.24, 2.45) is 35.5 Å². The van der Waals surface area contributed by atoms with E-state index >= 15 is 0 Å². The van der Waals surface area contributed by atoms with Crippen molar-refractivity contribution in [3.63, 3.8) is 0 Å². The number of thioether (sulfide) groups is 1. The molecule has 3 saturated heterocycles. The molecule has 22 heteroatoms. The first-order chi connectivity index (χ1) is 37.9. The topological polar surface area (TPSA) is 259 Å². The molecule has 11 atom stereocenters. The number of hydrogen-bond acceptors (Lipinski definition) is 15. The number of carbonyl (C=O) groups is 10. The largest absolute Gasteiger partial charge is 0.386 e. The van der Waals surface area contributed by atoms with Crippen LogP contribution in [0.2, 0.25) is 0 Å². The molecule has 3 N–H and O–H groups in total. The third-order valence-electron chi connectivity index (χ3n) is 16.8. The molecule has 1 aromatic rings. The number of benzene rings is 1. The van der Waals surface area contributed by atoms with Gasteiger partial charge in [-0.1, -0.05) is 85.2 Å². The molecule has 4 fully saturated rings. The Labute approximate surface area is 476 Å². The lowest BCUT2D eigenvalue weighted by molar-refractivity contribution is -0.201. The zero-order valence-electron chi connectivity index (χ0n) is 49.1. The summed E-state index contributed by atoms with van der Waals surface area (Å²) in [6.07, 6.45) is 1.46. The second kappa shape index (κ2) is 30.0. The van der Waals surface area contributed by atoms with E-state index in [2.05, 4.69) is 10.6 Å². The molecule has 1 unspecified atom stereocenters. The maximum absolute atomic E-state index is 14.7. The maximum Gasteiger partial charge on any atom is 0.336 e. The molecule has 1 saturated carbocycles. The molecule has 0 spiro atoms. The van der Waals surface area contributed by atoms with Gasteiger partial charge in [-0.15, -0.1) is 16.8 Å². The summed E-state index contributed by atoms with van der Waals surface area (Å²) in [5, 5.41) is 16.7. The fourth-order valence-corrected chi connectivity index (χ4v) is 12.9. The van der Waals surface area contributed by atoms with Gasteiger partial charge in [0.2, 0.25) is 41.4 Å². The lowest BCUT2D eigenvalue weighted by atomic mass is 9.82. The number of hydrogen-bond donors (Lipinski definition) is 3. The van der Waals surface area contributed by atoms with Gasteiger partial charge in [0, 0.05) is 72.8 Å². The zero-order chi connectivity index (χ0) is 59.3. The van der Waals surface area contributed by atoms with Gasteiger partial charge >= 0.3 is 5.97 Å². The molecule has 21 nitrogen and oxygen atoms in total. The van der Waals surface area contributed by atoms with Gasteiger partial charge in [-0.05, 0) is 74.7 Å². The number of imide groups is 2. The van der Waals surface area contributed by atoms with Gasteiger partial charge in [-0.2, -0.15) is 0 Å². The van der Waals surface area contributed by atoms with Crippen molar-refractivity contribution in [3.8, 4) is 0 Å². The summed E-state index contributed by atoms with van der Waals surface area (Å²) in [5.41, 5.74) is 0.675. The van der Waals surface area contributed by atoms with Crippen LogP contribution in [0.15, 0.2) is 30.3 Å². The summed E-state index contributed by atoms with van der Waals surface area (Å²) in [6.45, 7) is 15.4. The summed E-state index contributed by atoms with van der Waals surface area (Å²) >= 11 is 1.21. The Hall–Kier alpha value is -5.45. The van der Waals surface area contributed by atoms with Crippen molar-refractivity contribution in [1.82, 2.24) is 35.3 Å². The fraction of sp³-hybridized carbons (Fsp3) is 0.724. The van der Waals surface area contributed by atoms with Gasteiger partial charge in [0.25, 0.3) is 11.8 Å². The van der Waals surface area contributed by atoms with E-state index in [9.17, 15) is 53.1 Å². The Bertz CT molecular complexity index is 2340. The molecule has 1 aliphatic carbocycles. The minimum Gasteiger partial charge on any atom is -0.386 e. The highest BCUT2D eigenvalue weighted by molar-refractivity contribution is 8.00. The Balaban J connectivity index is 1.15. The van der Waals surface area contributed by atoms with E-state index in [1.165, 1.54) is 42.8 Å². The average molecular weight is 1140 g/mol. The van der Waals surface area contributed by atoms with Crippen molar-refractivity contribution in [2.75, 3.05) is 47.2 Å². The van der Waals surface area contributed by atoms with Crippen molar-refractivity contribution in [3.05, 3.63) is 35.9 Å². The standard InChI is InChI=1S/C58H89N7O14S/c1-13-35(6)51(42(77-11)30-47(69)63-28-17-20-41(63)53(78-12)36(7)54(72)59-37(8)52(71)39-18-15-14-16-19-39)62(10)57(75)49(33(2)3)60-55(73)50(34(4)5)61(9)44(66)27-29-80-43-31-48(70)64(56(43)74)32-38-21-23-40(24-22-38)58(76)79-65-45(67)25-26-46(65)68/h14-16,18-19,33-38,40-43,49-53,71H,13,17,20-32H2,1-12H3,(H,59,72)(H,60,73)/t35-,36+,37+,38?,40?,41-,42+,43?,49-,50-,51-,52+,53+/m0/s1. The minimum absolute atomic E-state index is 0.00515. The third kappa shape index (κ3) is 16.2. The molecule has 9 amide bonds. The molecule has 0 aromatic heterocycles. The monoisotopic (exact) mass is 1140 g/mol. The predicted molar refractivity (Wildman–Crippen MR) is 298 cm³/mol. The molecular weight excluding hydrogens is 1050 g/mol. The number of likely N-dealkylation sites (N-methyl/N-ethyl adjacent to an activating group) is 2. The van der Waals surface area contributed by atoms with Crippen LogP contribution < -0.4 is 10.6 Å². The Kier molecular flexibility index (Phi) is 24.5. The van der Waals surface area contributed by atoms with Crippen molar-refractivity contribution in [1.29, 1.82) is 0 Å². The first-order valence-corrected chi connectivity index (χ1v) is 29.7. The second-order valence-electron chi connectivity index (χ2n) is 23.0. The SMILES string of the molecule is CC[C@H](C)[C@@H]([C@@H](CC(=O)N1CCC[C@H]1[C@H](OC)[C@@H](C)C(=O)N[C@H](C)[C@@H](O)c1ccccc1)OC)N(C)C(=O)[C@@H](NC(=O)[C@H](C(C)C)N(C)C(=O)CCSC1CC(=O)N(CC2CCC(C(=O)ON3C(=O)CCC3=O)CC2)C1=O)C(C)C. The lowest BCUT2D eigenvalue weighted by Gasteiger charge is -2.41. The van der Waals surface area contributed by atoms with E-state index < -0.39 is 95.2 Å². The van der Waals surface area contributed by atoms with E-state index in [0.717, 1.165) is 0 Å². The fourth-order valence-electron chi connectivity index (χ4n) is 11.8. The minimum atomic E-state index is -1.01. The molecular formula is C58H89N7O14S. The van der Waals surface area contributed by atoms with Gasteiger partial charge in [0.1, 0.15) is 12.1 Å². The molecule has 4 aliphatic rings. The second-order valence-corrected chi connectivity index (χ2v) is 24.3. The van der Waals surface area contributed by atoms with Gasteiger partial charge in [0.15, 0.2) is 0 Å².